The first-order chi connectivity index (χ1) is 38.6. The summed E-state index contributed by atoms with van der Waals surface area (Å²) in [5, 5.41) is 53.4. The van der Waals surface area contributed by atoms with Crippen molar-refractivity contribution in [2.75, 3.05) is 24.0 Å². The zero-order valence-electron chi connectivity index (χ0n) is 48.4. The molecule has 0 aliphatic heterocycles. The molecular weight excluding hydrogens is 1100 g/mol. The van der Waals surface area contributed by atoms with Crippen molar-refractivity contribution < 1.29 is 68.1 Å². The first kappa shape index (κ1) is 71.3. The summed E-state index contributed by atoms with van der Waals surface area (Å²) in [5.41, 5.74) is 7.06. The van der Waals surface area contributed by atoms with Crippen LogP contribution in [0.25, 0.3) is 0 Å². The normalized spacial score (nSPS) is 15.4. The third-order valence-electron chi connectivity index (χ3n) is 12.7. The lowest BCUT2D eigenvalue weighted by Gasteiger charge is -2.29. The molecule has 1 aromatic heterocycles. The Morgan fingerprint density at radius 3 is 1.49 bits per heavy atom. The second kappa shape index (κ2) is 36.6. The Balaban J connectivity index is 2.37. The molecule has 9 amide bonds. The zero-order chi connectivity index (χ0) is 61.8. The van der Waals surface area contributed by atoms with Crippen molar-refractivity contribution in [1.29, 1.82) is 0 Å². The predicted octanol–water partition coefficient (Wildman–Crippen LogP) is -0.510. The number of amides is 9. The number of hydrogen-bond donors (Lipinski definition) is 14. The molecule has 15 N–H and O–H groups in total. The Bertz CT molecular complexity index is 2420. The third-order valence-corrected chi connectivity index (χ3v) is 14.0. The molecule has 82 heavy (non-hydrogen) atoms. The summed E-state index contributed by atoms with van der Waals surface area (Å²) in [7, 11) is 0. The number of aliphatic hydroxyl groups is 1. The van der Waals surface area contributed by atoms with Gasteiger partial charge in [-0.05, 0) is 93.3 Å². The highest BCUT2D eigenvalue weighted by molar-refractivity contribution is 7.98. The molecule has 1 heterocycles. The van der Waals surface area contributed by atoms with Gasteiger partial charge >= 0.3 is 11.9 Å². The molecule has 2 aromatic rings. The molecule has 458 valence electrons. The summed E-state index contributed by atoms with van der Waals surface area (Å²) in [5.74, 6) is -10.2. The van der Waals surface area contributed by atoms with Gasteiger partial charge in [-0.2, -0.15) is 23.5 Å². The number of carbonyl (C=O) groups is 11. The number of nitrogens with zero attached hydrogens (tertiary/aromatic N) is 1. The number of aromatic amines is 1. The molecule has 0 fully saturated rings. The summed E-state index contributed by atoms with van der Waals surface area (Å²) in [4.78, 5) is 155. The molecule has 0 radical (unpaired) electrons. The van der Waals surface area contributed by atoms with Crippen LogP contribution in [0.2, 0.25) is 0 Å². The highest BCUT2D eigenvalue weighted by Crippen LogP contribution is 2.13. The van der Waals surface area contributed by atoms with Crippen molar-refractivity contribution in [3.63, 3.8) is 0 Å². The molecule has 0 saturated carbocycles. The Kier molecular flexibility index (Phi) is 31.9. The van der Waals surface area contributed by atoms with E-state index < -0.39 is 150 Å². The van der Waals surface area contributed by atoms with Gasteiger partial charge < -0.3 is 73.9 Å². The van der Waals surface area contributed by atoms with Crippen LogP contribution in [0, 0.1) is 17.8 Å². The Morgan fingerprint density at radius 1 is 0.537 bits per heavy atom. The molecule has 0 saturated heterocycles. The highest BCUT2D eigenvalue weighted by Gasteiger charge is 2.37. The maximum Gasteiger partial charge on any atom is 0.326 e. The van der Waals surface area contributed by atoms with E-state index >= 15 is 0 Å². The van der Waals surface area contributed by atoms with Gasteiger partial charge in [0.1, 0.15) is 54.4 Å². The number of aliphatic hydroxyl groups excluding tert-OH is 1. The van der Waals surface area contributed by atoms with E-state index in [0.29, 0.717) is 29.2 Å². The Hall–Kier alpha value is -6.78. The van der Waals surface area contributed by atoms with Crippen molar-refractivity contribution in [1.82, 2.24) is 57.8 Å². The first-order valence-corrected chi connectivity index (χ1v) is 30.0. The second-order valence-electron chi connectivity index (χ2n) is 21.2. The number of thioether (sulfide) groups is 2. The number of aromatic nitrogens is 2. The van der Waals surface area contributed by atoms with E-state index in [1.165, 1.54) is 49.9 Å². The van der Waals surface area contributed by atoms with E-state index in [9.17, 15) is 68.1 Å². The number of rotatable bonds is 38. The third kappa shape index (κ3) is 26.0. The van der Waals surface area contributed by atoms with E-state index in [-0.39, 0.29) is 43.9 Å². The van der Waals surface area contributed by atoms with Crippen molar-refractivity contribution >= 4 is 88.6 Å². The van der Waals surface area contributed by atoms with Crippen LogP contribution in [0.5, 0.6) is 0 Å². The number of nitrogens with two attached hydrogens (primary N) is 1. The van der Waals surface area contributed by atoms with Crippen molar-refractivity contribution in [3.05, 3.63) is 54.1 Å². The summed E-state index contributed by atoms with van der Waals surface area (Å²) < 4.78 is 0. The lowest BCUT2D eigenvalue weighted by molar-refractivity contribution is -0.142. The van der Waals surface area contributed by atoms with Crippen molar-refractivity contribution in [3.8, 4) is 0 Å². The summed E-state index contributed by atoms with van der Waals surface area (Å²) in [6.45, 7) is 13.2. The minimum atomic E-state index is -1.78. The smallest absolute Gasteiger partial charge is 0.326 e. The summed E-state index contributed by atoms with van der Waals surface area (Å²) >= 11 is 2.68. The lowest BCUT2D eigenvalue weighted by Crippen LogP contribution is -2.62. The van der Waals surface area contributed by atoms with Gasteiger partial charge in [0, 0.05) is 31.2 Å². The molecule has 0 bridgehead atoms. The van der Waals surface area contributed by atoms with Crippen LogP contribution >= 0.6 is 23.5 Å². The quantitative estimate of drug-likeness (QED) is 0.0403. The number of carboxylic acids is 2. The van der Waals surface area contributed by atoms with Crippen LogP contribution in [-0.2, 0) is 65.6 Å². The fourth-order valence-corrected chi connectivity index (χ4v) is 9.15. The average Bonchev–Trinajstić information content (AvgIpc) is 3.95. The minimum absolute atomic E-state index is 0.00549. The van der Waals surface area contributed by atoms with Crippen LogP contribution in [0.1, 0.15) is 105 Å². The van der Waals surface area contributed by atoms with E-state index in [1.807, 2.05) is 27.7 Å². The zero-order valence-corrected chi connectivity index (χ0v) is 50.0. The van der Waals surface area contributed by atoms with E-state index in [0.717, 1.165) is 0 Å². The van der Waals surface area contributed by atoms with E-state index in [1.54, 1.807) is 56.7 Å². The van der Waals surface area contributed by atoms with Crippen LogP contribution in [0.15, 0.2) is 42.9 Å². The molecule has 26 nitrogen and oxygen atoms in total. The van der Waals surface area contributed by atoms with E-state index in [2.05, 4.69) is 57.8 Å². The topological polar surface area (TPSA) is 411 Å². The van der Waals surface area contributed by atoms with Gasteiger partial charge in [-0.3, -0.25) is 47.9 Å². The fraction of sp³-hybridized carbons (Fsp3) is 0.630. The molecule has 0 unspecified atom stereocenters. The van der Waals surface area contributed by atoms with Crippen LogP contribution in [0.3, 0.4) is 0 Å². The van der Waals surface area contributed by atoms with Crippen LogP contribution in [-0.4, -0.2) is 181 Å². The molecule has 2 rings (SSSR count). The van der Waals surface area contributed by atoms with Gasteiger partial charge in [0.15, 0.2) is 0 Å². The number of H-pyrrole nitrogens is 1. The van der Waals surface area contributed by atoms with Gasteiger partial charge in [0.05, 0.1) is 18.5 Å². The largest absolute Gasteiger partial charge is 0.481 e. The molecular formula is C54H86N12O14S2. The van der Waals surface area contributed by atoms with Crippen molar-refractivity contribution in [2.24, 2.45) is 23.5 Å². The fourth-order valence-electron chi connectivity index (χ4n) is 8.21. The predicted molar refractivity (Wildman–Crippen MR) is 309 cm³/mol. The van der Waals surface area contributed by atoms with Gasteiger partial charge in [0.2, 0.25) is 53.2 Å². The minimum Gasteiger partial charge on any atom is -0.481 e. The van der Waals surface area contributed by atoms with Crippen LogP contribution < -0.4 is 53.6 Å². The highest BCUT2D eigenvalue weighted by atomic mass is 32.2. The maximum absolute atomic E-state index is 14.3. The molecule has 1 aromatic carbocycles. The average molecular weight is 1190 g/mol. The maximum atomic E-state index is 14.3. The first-order valence-electron chi connectivity index (χ1n) is 27.2. The number of carbonyl (C=O) groups excluding carboxylic acids is 9. The number of hydrogen-bond acceptors (Lipinski definition) is 16. The van der Waals surface area contributed by atoms with Gasteiger partial charge in [-0.15, -0.1) is 0 Å². The molecule has 0 aliphatic rings. The van der Waals surface area contributed by atoms with Gasteiger partial charge in [-0.25, -0.2) is 9.78 Å². The SMILES string of the molecule is CSCC[C@H](NC(=O)[C@H](CC(C)C)NC(=O)[C@@H](N)CC(C)C)C(=O)N[C@@H](CCC(=O)O)C(=O)N[C@@H](Cc1cnc[nH]1)C(=O)N[C@H](C(=O)N[C@@H](CCSC)C(=O)N[C@H](C(=O)N[C@@H](C)C(=O)N[C@@H](Cc1ccccc1)C(=O)O)C(C)C)[C@@H](C)O. The lowest BCUT2D eigenvalue weighted by atomic mass is 10.00. The second-order valence-corrected chi connectivity index (χ2v) is 23.2. The monoisotopic (exact) mass is 1190 g/mol. The molecule has 28 heteroatoms. The van der Waals surface area contributed by atoms with Crippen molar-refractivity contribution in [2.45, 2.75) is 173 Å². The number of nitrogens with one attached hydrogen (secondary N) is 10. The number of aliphatic carboxylic acids is 2. The molecule has 11 atom stereocenters. The summed E-state index contributed by atoms with van der Waals surface area (Å²) in [6.07, 6.45) is 3.66. The summed E-state index contributed by atoms with van der Waals surface area (Å²) in [6, 6.07) is -4.86. The van der Waals surface area contributed by atoms with Crippen LogP contribution in [0.4, 0.5) is 0 Å². The number of benzene rings is 1. The standard InChI is InChI=1S/C54H86N12O14S2/c1-28(2)22-35(55)46(71)62-39(23-29(3)4)50(75)60-37(18-20-81-9)48(73)59-36(16-17-42(68)69)47(72)63-40(25-34-26-56-27-57-34)51(76)66-44(32(8)67)53(78)61-38(19-21-82-10)49(74)65-43(30(5)6)52(77)58-31(7)45(70)64-41(54(79)80)24-33-14-12-11-13-15-33/h11-15,26-32,35-41,43-44,67H,16-25,55H2,1-10H3,(H,56,57)(H,58,77)(H,59,73)(H,60,75)(H,61,78)(H,62,71)(H,63,72)(H,64,70)(H,65,74)(H,66,76)(H,68,69)(H,79,80)/t31-,32+,35-,36-,37-,38-,39-,40-,41-,43-,44-/m0/s1. The Morgan fingerprint density at radius 2 is 1.00 bits per heavy atom. The molecule has 0 spiro atoms. The van der Waals surface area contributed by atoms with E-state index in [4.69, 9.17) is 5.73 Å². The van der Waals surface area contributed by atoms with Gasteiger partial charge in [-0.1, -0.05) is 71.9 Å². The molecule has 0 aliphatic carbocycles. The number of imidazole rings is 1. The van der Waals surface area contributed by atoms with Gasteiger partial charge in [0.25, 0.3) is 0 Å². The Labute approximate surface area is 487 Å². The number of carboxylic acid groups (broad SMARTS) is 2.